The fourth-order valence-corrected chi connectivity index (χ4v) is 7.54. The van der Waals surface area contributed by atoms with Gasteiger partial charge in [0.15, 0.2) is 0 Å². The molecule has 4 aliphatic carbocycles. The molecule has 0 amide bonds. The molecule has 1 aliphatic heterocycles. The average molecular weight is 272 g/mol. The van der Waals surface area contributed by atoms with Crippen LogP contribution >= 0.6 is 0 Å². The van der Waals surface area contributed by atoms with E-state index in [4.69, 9.17) is 4.74 Å². The number of hydrogen-bond donors (Lipinski definition) is 0. The summed E-state index contributed by atoms with van der Waals surface area (Å²) < 4.78 is 6.03. The Bertz CT molecular complexity index is 476. The highest BCUT2D eigenvalue weighted by atomic mass is 16.6. The van der Waals surface area contributed by atoms with Crippen LogP contribution in [0.3, 0.4) is 0 Å². The van der Waals surface area contributed by atoms with Crippen LogP contribution in [0, 0.1) is 28.6 Å². The first kappa shape index (κ1) is 12.3. The SMILES string of the molecule is C=C1CC23CCC4C5(CCCC4(C)C2CCC1C3)CO5. The Kier molecular flexibility index (Phi) is 2.17. The summed E-state index contributed by atoms with van der Waals surface area (Å²) in [6.07, 6.45) is 12.9. The highest BCUT2D eigenvalue weighted by molar-refractivity contribution is 5.23. The fraction of sp³-hybridized carbons (Fsp3) is 0.895. The molecule has 1 nitrogen and oxygen atoms in total. The molecule has 5 rings (SSSR count). The van der Waals surface area contributed by atoms with Gasteiger partial charge in [-0.1, -0.05) is 19.1 Å². The molecule has 5 aliphatic rings. The van der Waals surface area contributed by atoms with E-state index in [1.165, 1.54) is 57.8 Å². The van der Waals surface area contributed by atoms with Crippen molar-refractivity contribution in [3.8, 4) is 0 Å². The molecule has 1 saturated heterocycles. The zero-order valence-corrected chi connectivity index (χ0v) is 12.9. The molecule has 5 fully saturated rings. The maximum atomic E-state index is 6.03. The first-order chi connectivity index (χ1) is 9.58. The zero-order valence-electron chi connectivity index (χ0n) is 12.9. The van der Waals surface area contributed by atoms with E-state index in [9.17, 15) is 0 Å². The fourth-order valence-electron chi connectivity index (χ4n) is 7.54. The van der Waals surface area contributed by atoms with Gasteiger partial charge in [0.1, 0.15) is 0 Å². The standard InChI is InChI=1S/C19H28O/c1-13-10-18-9-6-16-17(2,7-3-8-19(16)12-20-19)15(18)5-4-14(13)11-18/h14-16H,1,3-12H2,2H3. The van der Waals surface area contributed by atoms with E-state index in [1.807, 2.05) is 0 Å². The molecule has 6 unspecified atom stereocenters. The van der Waals surface area contributed by atoms with E-state index < -0.39 is 0 Å². The molecule has 2 spiro atoms. The number of hydrogen-bond acceptors (Lipinski definition) is 1. The maximum absolute atomic E-state index is 6.03. The average Bonchev–Trinajstić information content (AvgIpc) is 3.13. The lowest BCUT2D eigenvalue weighted by Gasteiger charge is -2.61. The number of rotatable bonds is 0. The van der Waals surface area contributed by atoms with E-state index in [0.717, 1.165) is 24.4 Å². The van der Waals surface area contributed by atoms with Gasteiger partial charge < -0.3 is 4.74 Å². The van der Waals surface area contributed by atoms with Crippen LogP contribution < -0.4 is 0 Å². The maximum Gasteiger partial charge on any atom is 0.0949 e. The van der Waals surface area contributed by atoms with Crippen molar-refractivity contribution in [1.29, 1.82) is 0 Å². The second kappa shape index (κ2) is 3.54. The summed E-state index contributed by atoms with van der Waals surface area (Å²) in [6.45, 7) is 8.14. The lowest BCUT2D eigenvalue weighted by Crippen LogP contribution is -2.56. The van der Waals surface area contributed by atoms with Gasteiger partial charge in [0.25, 0.3) is 0 Å². The quantitative estimate of drug-likeness (QED) is 0.459. The van der Waals surface area contributed by atoms with Gasteiger partial charge in [-0.25, -0.2) is 0 Å². The molecule has 110 valence electrons. The van der Waals surface area contributed by atoms with E-state index in [1.54, 1.807) is 5.57 Å². The summed E-state index contributed by atoms with van der Waals surface area (Å²) >= 11 is 0. The summed E-state index contributed by atoms with van der Waals surface area (Å²) in [6, 6.07) is 0. The largest absolute Gasteiger partial charge is 0.369 e. The molecule has 1 heteroatoms. The molecule has 1 heterocycles. The van der Waals surface area contributed by atoms with Crippen molar-refractivity contribution in [3.05, 3.63) is 12.2 Å². The minimum absolute atomic E-state index is 0.334. The van der Waals surface area contributed by atoms with Gasteiger partial charge >= 0.3 is 0 Å². The van der Waals surface area contributed by atoms with Crippen LogP contribution in [-0.4, -0.2) is 12.2 Å². The van der Waals surface area contributed by atoms with Crippen molar-refractivity contribution >= 4 is 0 Å². The number of epoxide rings is 1. The lowest BCUT2D eigenvalue weighted by molar-refractivity contribution is -0.128. The van der Waals surface area contributed by atoms with Crippen molar-refractivity contribution in [2.75, 3.05) is 6.61 Å². The molecule has 6 atom stereocenters. The van der Waals surface area contributed by atoms with Gasteiger partial charge in [0.2, 0.25) is 0 Å². The molecule has 0 radical (unpaired) electrons. The van der Waals surface area contributed by atoms with Gasteiger partial charge in [-0.15, -0.1) is 0 Å². The molecular formula is C19H28O. The number of allylic oxidation sites excluding steroid dienone is 1. The van der Waals surface area contributed by atoms with E-state index in [0.29, 0.717) is 16.4 Å². The molecule has 20 heavy (non-hydrogen) atoms. The molecule has 0 N–H and O–H groups in total. The van der Waals surface area contributed by atoms with E-state index in [-0.39, 0.29) is 0 Å². The zero-order chi connectivity index (χ0) is 13.6. The highest BCUT2D eigenvalue weighted by Crippen LogP contribution is 2.72. The van der Waals surface area contributed by atoms with Crippen LogP contribution in [0.15, 0.2) is 12.2 Å². The topological polar surface area (TPSA) is 12.5 Å². The van der Waals surface area contributed by atoms with Gasteiger partial charge in [-0.05, 0) is 86.4 Å². The lowest BCUT2D eigenvalue weighted by atomic mass is 9.43. The van der Waals surface area contributed by atoms with Crippen molar-refractivity contribution in [3.63, 3.8) is 0 Å². The van der Waals surface area contributed by atoms with Crippen LogP contribution in [0.25, 0.3) is 0 Å². The van der Waals surface area contributed by atoms with Crippen LogP contribution in [0.5, 0.6) is 0 Å². The van der Waals surface area contributed by atoms with Gasteiger partial charge in [-0.3, -0.25) is 0 Å². The van der Waals surface area contributed by atoms with Crippen LogP contribution in [-0.2, 0) is 4.74 Å². The van der Waals surface area contributed by atoms with Crippen LogP contribution in [0.1, 0.15) is 64.7 Å². The minimum atomic E-state index is 0.334. The monoisotopic (exact) mass is 272 g/mol. The Hall–Kier alpha value is -0.300. The molecule has 0 aromatic heterocycles. The third kappa shape index (κ3) is 1.30. The second-order valence-corrected chi connectivity index (χ2v) is 9.03. The van der Waals surface area contributed by atoms with E-state index >= 15 is 0 Å². The Balaban J connectivity index is 1.56. The first-order valence-corrected chi connectivity index (χ1v) is 8.90. The first-order valence-electron chi connectivity index (χ1n) is 8.90. The van der Waals surface area contributed by atoms with E-state index in [2.05, 4.69) is 13.5 Å². The predicted octanol–water partition coefficient (Wildman–Crippen LogP) is 4.72. The molecule has 2 bridgehead atoms. The summed E-state index contributed by atoms with van der Waals surface area (Å²) in [7, 11) is 0. The van der Waals surface area contributed by atoms with Crippen molar-refractivity contribution in [1.82, 2.24) is 0 Å². The minimum Gasteiger partial charge on any atom is -0.369 e. The molecule has 0 aromatic carbocycles. The van der Waals surface area contributed by atoms with Crippen molar-refractivity contribution in [2.45, 2.75) is 70.3 Å². The summed E-state index contributed by atoms with van der Waals surface area (Å²) in [5.74, 6) is 2.71. The van der Waals surface area contributed by atoms with Crippen molar-refractivity contribution in [2.24, 2.45) is 28.6 Å². The smallest absolute Gasteiger partial charge is 0.0949 e. The summed E-state index contributed by atoms with van der Waals surface area (Å²) in [5, 5.41) is 0. The number of ether oxygens (including phenoxy) is 1. The Morgan fingerprint density at radius 2 is 1.95 bits per heavy atom. The molecular weight excluding hydrogens is 244 g/mol. The third-order valence-corrected chi connectivity index (χ3v) is 8.34. The second-order valence-electron chi connectivity index (χ2n) is 9.03. The normalized spacial score (nSPS) is 60.2. The molecule has 4 saturated carbocycles. The summed E-state index contributed by atoms with van der Waals surface area (Å²) in [5.41, 5.74) is 3.16. The van der Waals surface area contributed by atoms with Crippen LogP contribution in [0.2, 0.25) is 0 Å². The van der Waals surface area contributed by atoms with Crippen molar-refractivity contribution < 1.29 is 4.74 Å². The van der Waals surface area contributed by atoms with Gasteiger partial charge in [0.05, 0.1) is 12.2 Å². The number of fused-ring (bicyclic) bond motifs is 4. The Morgan fingerprint density at radius 3 is 2.75 bits per heavy atom. The summed E-state index contributed by atoms with van der Waals surface area (Å²) in [4.78, 5) is 0. The Labute approximate surface area is 123 Å². The molecule has 0 aromatic rings. The third-order valence-electron chi connectivity index (χ3n) is 8.34. The van der Waals surface area contributed by atoms with Crippen LogP contribution in [0.4, 0.5) is 0 Å². The Morgan fingerprint density at radius 1 is 1.10 bits per heavy atom. The highest BCUT2D eigenvalue weighted by Gasteiger charge is 2.67. The predicted molar refractivity (Wildman–Crippen MR) is 80.4 cm³/mol. The van der Waals surface area contributed by atoms with Gasteiger partial charge in [-0.2, -0.15) is 0 Å². The van der Waals surface area contributed by atoms with Gasteiger partial charge in [0, 0.05) is 0 Å².